The van der Waals surface area contributed by atoms with E-state index < -0.39 is 0 Å². The van der Waals surface area contributed by atoms with Gasteiger partial charge in [-0.15, -0.1) is 0 Å². The van der Waals surface area contributed by atoms with Crippen molar-refractivity contribution >= 4 is 17.0 Å². The number of fused-ring (bicyclic) bond motifs is 1. The highest BCUT2D eigenvalue weighted by molar-refractivity contribution is 5.80. The highest BCUT2D eigenvalue weighted by Gasteiger charge is 2.07. The zero-order valence-corrected chi connectivity index (χ0v) is 9.72. The molecule has 86 valence electrons. The minimum Gasteiger partial charge on any atom is -0.382 e. The van der Waals surface area contributed by atoms with Crippen molar-refractivity contribution in [1.82, 2.24) is 19.5 Å². The Balaban J connectivity index is 2.16. The van der Waals surface area contributed by atoms with E-state index in [-0.39, 0.29) is 0 Å². The van der Waals surface area contributed by atoms with Crippen LogP contribution in [-0.2, 0) is 6.54 Å². The summed E-state index contributed by atoms with van der Waals surface area (Å²) in [6.07, 6.45) is 5.61. The second-order valence-electron chi connectivity index (χ2n) is 4.41. The summed E-state index contributed by atoms with van der Waals surface area (Å²) in [5.74, 6) is 1.18. The summed E-state index contributed by atoms with van der Waals surface area (Å²) in [7, 11) is 0. The number of nitrogen functional groups attached to an aromatic ring is 1. The molecule has 0 atom stereocenters. The van der Waals surface area contributed by atoms with E-state index >= 15 is 0 Å². The van der Waals surface area contributed by atoms with E-state index in [1.807, 2.05) is 4.57 Å². The van der Waals surface area contributed by atoms with Crippen LogP contribution in [0.4, 0.5) is 5.82 Å². The third-order valence-electron chi connectivity index (χ3n) is 2.61. The largest absolute Gasteiger partial charge is 0.382 e. The lowest BCUT2D eigenvalue weighted by atomic mass is 10.1. The predicted molar refractivity (Wildman–Crippen MR) is 63.8 cm³/mol. The van der Waals surface area contributed by atoms with Gasteiger partial charge in [-0.2, -0.15) is 0 Å². The third kappa shape index (κ3) is 2.13. The van der Waals surface area contributed by atoms with Crippen molar-refractivity contribution in [2.75, 3.05) is 5.73 Å². The van der Waals surface area contributed by atoms with Gasteiger partial charge in [-0.3, -0.25) is 0 Å². The van der Waals surface area contributed by atoms with Gasteiger partial charge in [0.1, 0.15) is 11.8 Å². The van der Waals surface area contributed by atoms with Gasteiger partial charge in [0.15, 0.2) is 11.5 Å². The molecule has 0 amide bonds. The lowest BCUT2D eigenvalue weighted by molar-refractivity contribution is 0.515. The Morgan fingerprint density at radius 1 is 1.31 bits per heavy atom. The molecule has 0 unspecified atom stereocenters. The van der Waals surface area contributed by atoms with Crippen LogP contribution in [-0.4, -0.2) is 19.5 Å². The molecular weight excluding hydrogens is 202 g/mol. The number of aromatic nitrogens is 4. The predicted octanol–water partition coefficient (Wildman–Crippen LogP) is 1.84. The Morgan fingerprint density at radius 2 is 2.12 bits per heavy atom. The lowest BCUT2D eigenvalue weighted by Crippen LogP contribution is -2.00. The van der Waals surface area contributed by atoms with Crippen molar-refractivity contribution in [2.45, 2.75) is 33.2 Å². The summed E-state index contributed by atoms with van der Waals surface area (Å²) in [5, 5.41) is 0. The van der Waals surface area contributed by atoms with Crippen LogP contribution in [0.1, 0.15) is 26.7 Å². The second-order valence-corrected chi connectivity index (χ2v) is 4.41. The molecule has 2 rings (SSSR count). The monoisotopic (exact) mass is 219 g/mol. The van der Waals surface area contributed by atoms with Gasteiger partial charge in [0.25, 0.3) is 0 Å². The number of hydrogen-bond acceptors (Lipinski definition) is 4. The molecule has 0 fully saturated rings. The molecule has 2 heterocycles. The Morgan fingerprint density at radius 3 is 2.88 bits per heavy atom. The molecule has 0 saturated heterocycles. The summed E-state index contributed by atoms with van der Waals surface area (Å²) in [5.41, 5.74) is 7.25. The van der Waals surface area contributed by atoms with Gasteiger partial charge < -0.3 is 10.3 Å². The molecule has 0 bridgehead atoms. The number of anilines is 1. The van der Waals surface area contributed by atoms with Crippen LogP contribution in [0, 0.1) is 5.92 Å². The van der Waals surface area contributed by atoms with Crippen LogP contribution in [0.15, 0.2) is 12.7 Å². The van der Waals surface area contributed by atoms with Crippen molar-refractivity contribution in [2.24, 2.45) is 5.92 Å². The Hall–Kier alpha value is -1.65. The summed E-state index contributed by atoms with van der Waals surface area (Å²) >= 11 is 0. The molecule has 5 heteroatoms. The maximum atomic E-state index is 5.72. The normalized spacial score (nSPS) is 11.4. The molecule has 0 aliphatic rings. The molecule has 2 aromatic heterocycles. The van der Waals surface area contributed by atoms with Crippen LogP contribution in [0.5, 0.6) is 0 Å². The Bertz CT molecular complexity index is 474. The number of aryl methyl sites for hydroxylation is 1. The second kappa shape index (κ2) is 4.47. The highest BCUT2D eigenvalue weighted by Crippen LogP contribution is 2.15. The fourth-order valence-electron chi connectivity index (χ4n) is 1.73. The summed E-state index contributed by atoms with van der Waals surface area (Å²) in [6, 6.07) is 0. The van der Waals surface area contributed by atoms with E-state index in [1.165, 1.54) is 12.7 Å². The van der Waals surface area contributed by atoms with E-state index in [1.54, 1.807) is 6.33 Å². The van der Waals surface area contributed by atoms with Crippen LogP contribution >= 0.6 is 0 Å². The molecule has 2 N–H and O–H groups in total. The number of nitrogens with zero attached hydrogens (tertiary/aromatic N) is 4. The standard InChI is InChI=1S/C11H17N5/c1-8(2)4-3-5-16-7-15-9-10(12)13-6-14-11(9)16/h6-8H,3-5H2,1-2H3,(H2,12,13,14). The van der Waals surface area contributed by atoms with Crippen LogP contribution in [0.3, 0.4) is 0 Å². The fourth-order valence-corrected chi connectivity index (χ4v) is 1.73. The molecule has 0 spiro atoms. The molecule has 0 aliphatic carbocycles. The summed E-state index contributed by atoms with van der Waals surface area (Å²) < 4.78 is 2.04. The Labute approximate surface area is 94.7 Å². The smallest absolute Gasteiger partial charge is 0.165 e. The van der Waals surface area contributed by atoms with Gasteiger partial charge in [-0.05, 0) is 18.8 Å². The topological polar surface area (TPSA) is 69.6 Å². The molecule has 0 aliphatic heterocycles. The van der Waals surface area contributed by atoms with Crippen LogP contribution in [0.25, 0.3) is 11.2 Å². The van der Waals surface area contributed by atoms with Crippen molar-refractivity contribution in [3.05, 3.63) is 12.7 Å². The zero-order valence-electron chi connectivity index (χ0n) is 9.72. The minimum atomic E-state index is 0.451. The van der Waals surface area contributed by atoms with Crippen molar-refractivity contribution in [1.29, 1.82) is 0 Å². The molecule has 0 aromatic carbocycles. The highest BCUT2D eigenvalue weighted by atomic mass is 15.1. The first kappa shape index (κ1) is 10.9. The van der Waals surface area contributed by atoms with Crippen LogP contribution in [0.2, 0.25) is 0 Å². The van der Waals surface area contributed by atoms with Gasteiger partial charge in [0, 0.05) is 6.54 Å². The van der Waals surface area contributed by atoms with E-state index in [2.05, 4.69) is 28.8 Å². The lowest BCUT2D eigenvalue weighted by Gasteiger charge is -2.05. The van der Waals surface area contributed by atoms with Crippen LogP contribution < -0.4 is 5.73 Å². The van der Waals surface area contributed by atoms with Gasteiger partial charge >= 0.3 is 0 Å². The van der Waals surface area contributed by atoms with Gasteiger partial charge in [0.05, 0.1) is 6.33 Å². The average Bonchev–Trinajstić information content (AvgIpc) is 2.63. The number of hydrogen-bond donors (Lipinski definition) is 1. The number of nitrogens with two attached hydrogens (primary N) is 1. The van der Waals surface area contributed by atoms with Gasteiger partial charge in [-0.25, -0.2) is 15.0 Å². The third-order valence-corrected chi connectivity index (χ3v) is 2.61. The van der Waals surface area contributed by atoms with E-state index in [9.17, 15) is 0 Å². The zero-order chi connectivity index (χ0) is 11.5. The van der Waals surface area contributed by atoms with E-state index in [4.69, 9.17) is 5.73 Å². The molecule has 0 saturated carbocycles. The molecule has 5 nitrogen and oxygen atoms in total. The molecule has 0 radical (unpaired) electrons. The van der Waals surface area contributed by atoms with Crippen molar-refractivity contribution < 1.29 is 0 Å². The number of imidazole rings is 1. The van der Waals surface area contributed by atoms with Gasteiger partial charge in [-0.1, -0.05) is 13.8 Å². The summed E-state index contributed by atoms with van der Waals surface area (Å²) in [6.45, 7) is 5.39. The van der Waals surface area contributed by atoms with E-state index in [0.717, 1.165) is 24.5 Å². The van der Waals surface area contributed by atoms with Crippen molar-refractivity contribution in [3.8, 4) is 0 Å². The fraction of sp³-hybridized carbons (Fsp3) is 0.545. The first-order valence-corrected chi connectivity index (χ1v) is 5.60. The SMILES string of the molecule is CC(C)CCCn1cnc2c(N)ncnc21. The first-order chi connectivity index (χ1) is 7.68. The maximum absolute atomic E-state index is 5.72. The average molecular weight is 219 g/mol. The number of rotatable bonds is 4. The van der Waals surface area contributed by atoms with E-state index in [0.29, 0.717) is 11.3 Å². The molecular formula is C11H17N5. The quantitative estimate of drug-likeness (QED) is 0.851. The maximum Gasteiger partial charge on any atom is 0.165 e. The minimum absolute atomic E-state index is 0.451. The first-order valence-electron chi connectivity index (χ1n) is 5.60. The van der Waals surface area contributed by atoms with Gasteiger partial charge in [0.2, 0.25) is 0 Å². The molecule has 16 heavy (non-hydrogen) atoms. The Kier molecular flexibility index (Phi) is 3.03. The molecule has 2 aromatic rings. The van der Waals surface area contributed by atoms with Crippen molar-refractivity contribution in [3.63, 3.8) is 0 Å². The summed E-state index contributed by atoms with van der Waals surface area (Å²) in [4.78, 5) is 12.4.